The number of aliphatic hydroxyl groups is 1. The van der Waals surface area contributed by atoms with Crippen molar-refractivity contribution in [1.82, 2.24) is 4.98 Å². The Hall–Kier alpha value is -1.09. The smallest absolute Gasteiger partial charge is 0.0731 e. The van der Waals surface area contributed by atoms with Gasteiger partial charge in [-0.05, 0) is 18.6 Å². The Morgan fingerprint density at radius 2 is 2.50 bits per heavy atom. The molecule has 1 aromatic rings. The van der Waals surface area contributed by atoms with E-state index in [1.54, 1.807) is 6.20 Å². The first kappa shape index (κ1) is 7.55. The molecule has 0 radical (unpaired) electrons. The first-order chi connectivity index (χ1) is 5.86. The highest BCUT2D eigenvalue weighted by Gasteiger charge is 2.19. The number of nitrogens with zero attached hydrogens (tertiary/aromatic N) is 2. The molecule has 2 rings (SSSR count). The summed E-state index contributed by atoms with van der Waals surface area (Å²) in [6.45, 7) is 1.68. The molecule has 0 saturated carbocycles. The zero-order chi connectivity index (χ0) is 8.39. The molecule has 2 heterocycles. The number of aliphatic hydroxyl groups excluding tert-OH is 1. The minimum atomic E-state index is -0.162. The van der Waals surface area contributed by atoms with Gasteiger partial charge in [0.15, 0.2) is 0 Å². The molecule has 1 fully saturated rings. The van der Waals surface area contributed by atoms with E-state index in [2.05, 4.69) is 9.88 Å². The van der Waals surface area contributed by atoms with Crippen molar-refractivity contribution in [2.75, 3.05) is 18.0 Å². The first-order valence-corrected chi connectivity index (χ1v) is 4.19. The van der Waals surface area contributed by atoms with Crippen molar-refractivity contribution >= 4 is 5.69 Å². The van der Waals surface area contributed by atoms with E-state index in [0.29, 0.717) is 0 Å². The van der Waals surface area contributed by atoms with Crippen LogP contribution in [0.5, 0.6) is 0 Å². The molecule has 1 aliphatic heterocycles. The average molecular weight is 164 g/mol. The molecule has 0 aromatic carbocycles. The summed E-state index contributed by atoms with van der Waals surface area (Å²) in [7, 11) is 0. The van der Waals surface area contributed by atoms with Gasteiger partial charge in [-0.25, -0.2) is 0 Å². The molecular weight excluding hydrogens is 152 g/mol. The summed E-state index contributed by atoms with van der Waals surface area (Å²) in [5, 5.41) is 9.30. The lowest BCUT2D eigenvalue weighted by molar-refractivity contribution is 0.198. The fourth-order valence-corrected chi connectivity index (χ4v) is 1.52. The molecule has 1 N–H and O–H groups in total. The fraction of sp³-hybridized carbons (Fsp3) is 0.444. The van der Waals surface area contributed by atoms with Crippen molar-refractivity contribution in [2.45, 2.75) is 12.5 Å². The van der Waals surface area contributed by atoms with Crippen molar-refractivity contribution in [1.29, 1.82) is 0 Å². The predicted octanol–water partition coefficient (Wildman–Crippen LogP) is 0.653. The Morgan fingerprint density at radius 3 is 3.08 bits per heavy atom. The molecule has 0 amide bonds. The first-order valence-electron chi connectivity index (χ1n) is 4.19. The Balaban J connectivity index is 2.11. The van der Waals surface area contributed by atoms with Gasteiger partial charge in [-0.3, -0.25) is 4.98 Å². The van der Waals surface area contributed by atoms with Gasteiger partial charge in [0.2, 0.25) is 0 Å². The van der Waals surface area contributed by atoms with Crippen LogP contribution in [0.1, 0.15) is 6.42 Å². The Bertz CT molecular complexity index is 250. The number of pyridine rings is 1. The highest BCUT2D eigenvalue weighted by atomic mass is 16.3. The highest BCUT2D eigenvalue weighted by Crippen LogP contribution is 2.18. The lowest BCUT2D eigenvalue weighted by atomic mass is 10.3. The summed E-state index contributed by atoms with van der Waals surface area (Å²) >= 11 is 0. The van der Waals surface area contributed by atoms with Crippen molar-refractivity contribution in [3.8, 4) is 0 Å². The van der Waals surface area contributed by atoms with Crippen LogP contribution in [0.3, 0.4) is 0 Å². The van der Waals surface area contributed by atoms with Crippen LogP contribution in [-0.4, -0.2) is 29.3 Å². The topological polar surface area (TPSA) is 36.4 Å². The van der Waals surface area contributed by atoms with Gasteiger partial charge in [-0.15, -0.1) is 0 Å². The lowest BCUT2D eigenvalue weighted by Gasteiger charge is -2.16. The van der Waals surface area contributed by atoms with Crippen LogP contribution < -0.4 is 4.90 Å². The van der Waals surface area contributed by atoms with Crippen molar-refractivity contribution in [3.63, 3.8) is 0 Å². The second-order valence-corrected chi connectivity index (χ2v) is 3.10. The summed E-state index contributed by atoms with van der Waals surface area (Å²) in [5.74, 6) is 0. The normalized spacial score (nSPS) is 23.1. The molecule has 0 unspecified atom stereocenters. The SMILES string of the molecule is O[C@@H]1CCN(c2cccnc2)C1. The highest BCUT2D eigenvalue weighted by molar-refractivity contribution is 5.44. The second kappa shape index (κ2) is 3.11. The summed E-state index contributed by atoms with van der Waals surface area (Å²) < 4.78 is 0. The zero-order valence-corrected chi connectivity index (χ0v) is 6.85. The van der Waals surface area contributed by atoms with E-state index in [4.69, 9.17) is 0 Å². The largest absolute Gasteiger partial charge is 0.391 e. The third kappa shape index (κ3) is 1.41. The van der Waals surface area contributed by atoms with Gasteiger partial charge in [0, 0.05) is 19.3 Å². The van der Waals surface area contributed by atoms with Crippen molar-refractivity contribution in [3.05, 3.63) is 24.5 Å². The molecule has 3 heteroatoms. The molecule has 3 nitrogen and oxygen atoms in total. The molecule has 0 aliphatic carbocycles. The Kier molecular flexibility index (Phi) is 1.96. The van der Waals surface area contributed by atoms with Gasteiger partial charge in [-0.2, -0.15) is 0 Å². The van der Waals surface area contributed by atoms with Gasteiger partial charge in [0.25, 0.3) is 0 Å². The quantitative estimate of drug-likeness (QED) is 0.662. The standard InChI is InChI=1S/C9H12N2O/c12-9-3-5-11(7-9)8-2-1-4-10-6-8/h1-2,4,6,9,12H,3,5,7H2/t9-/m1/s1. The number of β-amino-alcohol motifs (C(OH)–C–C–N with tert-alkyl or cyclic N) is 1. The Morgan fingerprint density at radius 1 is 1.58 bits per heavy atom. The number of rotatable bonds is 1. The lowest BCUT2D eigenvalue weighted by Crippen LogP contribution is -2.20. The maximum absolute atomic E-state index is 9.30. The van der Waals surface area contributed by atoms with E-state index in [-0.39, 0.29) is 6.10 Å². The van der Waals surface area contributed by atoms with Gasteiger partial charge >= 0.3 is 0 Å². The molecule has 1 saturated heterocycles. The molecule has 1 aromatic heterocycles. The van der Waals surface area contributed by atoms with Crippen molar-refractivity contribution in [2.24, 2.45) is 0 Å². The van der Waals surface area contributed by atoms with Gasteiger partial charge in [-0.1, -0.05) is 0 Å². The van der Waals surface area contributed by atoms with E-state index in [9.17, 15) is 5.11 Å². The third-order valence-electron chi connectivity index (χ3n) is 2.17. The summed E-state index contributed by atoms with van der Waals surface area (Å²) in [5.41, 5.74) is 1.11. The van der Waals surface area contributed by atoms with Crippen molar-refractivity contribution < 1.29 is 5.11 Å². The molecule has 64 valence electrons. The number of hydrogen-bond donors (Lipinski definition) is 1. The number of anilines is 1. The van der Waals surface area contributed by atoms with Crippen LogP contribution >= 0.6 is 0 Å². The van der Waals surface area contributed by atoms with E-state index < -0.39 is 0 Å². The van der Waals surface area contributed by atoms with Gasteiger partial charge < -0.3 is 10.0 Å². The van der Waals surface area contributed by atoms with Crippen LogP contribution in [-0.2, 0) is 0 Å². The average Bonchev–Trinajstić information content (AvgIpc) is 2.54. The zero-order valence-electron chi connectivity index (χ0n) is 6.85. The van der Waals surface area contributed by atoms with Crippen LogP contribution in [0, 0.1) is 0 Å². The maximum atomic E-state index is 9.30. The number of aromatic nitrogens is 1. The molecule has 1 atom stereocenters. The Labute approximate surface area is 71.7 Å². The van der Waals surface area contributed by atoms with Gasteiger partial charge in [0.05, 0.1) is 18.0 Å². The number of hydrogen-bond acceptors (Lipinski definition) is 3. The van der Waals surface area contributed by atoms with E-state index in [0.717, 1.165) is 25.2 Å². The molecule has 12 heavy (non-hydrogen) atoms. The minimum Gasteiger partial charge on any atom is -0.391 e. The second-order valence-electron chi connectivity index (χ2n) is 3.10. The predicted molar refractivity (Wildman–Crippen MR) is 47.1 cm³/mol. The van der Waals surface area contributed by atoms with E-state index >= 15 is 0 Å². The van der Waals surface area contributed by atoms with Crippen LogP contribution in [0.4, 0.5) is 5.69 Å². The summed E-state index contributed by atoms with van der Waals surface area (Å²) in [6.07, 6.45) is 4.30. The maximum Gasteiger partial charge on any atom is 0.0731 e. The van der Waals surface area contributed by atoms with Crippen LogP contribution in [0.2, 0.25) is 0 Å². The molecule has 0 bridgehead atoms. The van der Waals surface area contributed by atoms with Crippen LogP contribution in [0.15, 0.2) is 24.5 Å². The van der Waals surface area contributed by atoms with Gasteiger partial charge in [0.1, 0.15) is 0 Å². The minimum absolute atomic E-state index is 0.162. The molecular formula is C9H12N2O. The molecule has 0 spiro atoms. The van der Waals surface area contributed by atoms with E-state index in [1.165, 1.54) is 0 Å². The third-order valence-corrected chi connectivity index (χ3v) is 2.17. The fourth-order valence-electron chi connectivity index (χ4n) is 1.52. The summed E-state index contributed by atoms with van der Waals surface area (Å²) in [4.78, 5) is 6.18. The summed E-state index contributed by atoms with van der Waals surface area (Å²) in [6, 6.07) is 3.94. The van der Waals surface area contributed by atoms with E-state index in [1.807, 2.05) is 18.3 Å². The van der Waals surface area contributed by atoms with Crippen LogP contribution in [0.25, 0.3) is 0 Å². The molecule has 1 aliphatic rings. The monoisotopic (exact) mass is 164 g/mol.